The van der Waals surface area contributed by atoms with E-state index in [1.54, 1.807) is 0 Å². The predicted octanol–water partition coefficient (Wildman–Crippen LogP) is -0.615. The van der Waals surface area contributed by atoms with Crippen molar-refractivity contribution in [1.82, 2.24) is 4.90 Å². The third kappa shape index (κ3) is 0.671. The summed E-state index contributed by atoms with van der Waals surface area (Å²) in [7, 11) is 1.97. The first-order valence-electron chi connectivity index (χ1n) is 4.09. The van der Waals surface area contributed by atoms with Crippen LogP contribution in [0, 0.1) is 10.8 Å². The smallest absolute Gasteiger partial charge is 0.312 e. The van der Waals surface area contributed by atoms with E-state index >= 15 is 0 Å². The molecule has 0 aromatic heterocycles. The largest absolute Gasteiger partial charge is 0.481 e. The lowest BCUT2D eigenvalue weighted by Crippen LogP contribution is -2.50. The van der Waals surface area contributed by atoms with Gasteiger partial charge in [-0.25, -0.2) is 0 Å². The van der Waals surface area contributed by atoms with E-state index in [9.17, 15) is 4.79 Å². The maximum absolute atomic E-state index is 10.9. The molecule has 1 aliphatic carbocycles. The molecule has 12 heavy (non-hydrogen) atoms. The summed E-state index contributed by atoms with van der Waals surface area (Å²) in [5, 5.41) is 17.9. The summed E-state index contributed by atoms with van der Waals surface area (Å²) in [6.45, 7) is 1.43. The summed E-state index contributed by atoms with van der Waals surface area (Å²) in [5.74, 6) is -0.835. The lowest BCUT2D eigenvalue weighted by molar-refractivity contribution is -0.148. The van der Waals surface area contributed by atoms with Gasteiger partial charge in [-0.2, -0.15) is 0 Å². The van der Waals surface area contributed by atoms with E-state index in [0.717, 1.165) is 13.1 Å². The normalized spacial score (nSPS) is 37.8. The van der Waals surface area contributed by atoms with Gasteiger partial charge in [-0.1, -0.05) is 0 Å². The summed E-state index contributed by atoms with van der Waals surface area (Å²) >= 11 is 0. The number of aliphatic carboxylic acids is 1. The SMILES string of the molecule is CN1CC2(C1)CC2(CO)C(=O)O. The van der Waals surface area contributed by atoms with Crippen molar-refractivity contribution < 1.29 is 15.0 Å². The molecule has 1 aliphatic heterocycles. The average Bonchev–Trinajstić information content (AvgIpc) is 2.58. The van der Waals surface area contributed by atoms with Crippen molar-refractivity contribution >= 4 is 5.97 Å². The molecule has 0 bridgehead atoms. The Kier molecular flexibility index (Phi) is 1.34. The lowest BCUT2D eigenvalue weighted by atomic mass is 9.86. The van der Waals surface area contributed by atoms with Crippen molar-refractivity contribution in [1.29, 1.82) is 0 Å². The van der Waals surface area contributed by atoms with Crippen molar-refractivity contribution in [2.24, 2.45) is 10.8 Å². The number of nitrogens with zero attached hydrogens (tertiary/aromatic N) is 1. The predicted molar refractivity (Wildman–Crippen MR) is 41.7 cm³/mol. The van der Waals surface area contributed by atoms with E-state index < -0.39 is 11.4 Å². The van der Waals surface area contributed by atoms with Crippen LogP contribution in [-0.4, -0.2) is 47.8 Å². The Morgan fingerprint density at radius 3 is 2.42 bits per heavy atom. The van der Waals surface area contributed by atoms with Crippen molar-refractivity contribution in [3.8, 4) is 0 Å². The first-order valence-corrected chi connectivity index (χ1v) is 4.09. The zero-order valence-corrected chi connectivity index (χ0v) is 7.08. The summed E-state index contributed by atoms with van der Waals surface area (Å²) in [6, 6.07) is 0. The molecule has 0 aromatic rings. The van der Waals surface area contributed by atoms with Crippen LogP contribution in [0.5, 0.6) is 0 Å². The molecule has 1 saturated heterocycles. The molecule has 1 atom stereocenters. The average molecular weight is 171 g/mol. The second-order valence-corrected chi connectivity index (χ2v) is 4.17. The van der Waals surface area contributed by atoms with Crippen LogP contribution >= 0.6 is 0 Å². The third-order valence-corrected chi connectivity index (χ3v) is 3.35. The van der Waals surface area contributed by atoms with Crippen LogP contribution in [0.2, 0.25) is 0 Å². The molecule has 2 N–H and O–H groups in total. The van der Waals surface area contributed by atoms with Crippen molar-refractivity contribution in [3.05, 3.63) is 0 Å². The standard InChI is InChI=1S/C8H13NO3/c1-9-3-7(4-9)2-8(7,5-10)6(11)12/h10H,2-5H2,1H3,(H,11,12). The van der Waals surface area contributed by atoms with E-state index in [4.69, 9.17) is 10.2 Å². The molecule has 1 unspecified atom stereocenters. The van der Waals surface area contributed by atoms with Gasteiger partial charge in [-0.05, 0) is 13.5 Å². The van der Waals surface area contributed by atoms with Crippen LogP contribution in [0.4, 0.5) is 0 Å². The minimum Gasteiger partial charge on any atom is -0.481 e. The lowest BCUT2D eigenvalue weighted by Gasteiger charge is -2.39. The molecule has 2 aliphatic rings. The minimum absolute atomic E-state index is 0.0949. The second-order valence-electron chi connectivity index (χ2n) is 4.17. The number of likely N-dealkylation sites (tertiary alicyclic amines) is 1. The zero-order valence-electron chi connectivity index (χ0n) is 7.08. The fourth-order valence-corrected chi connectivity index (χ4v) is 2.53. The van der Waals surface area contributed by atoms with Crippen LogP contribution in [0.25, 0.3) is 0 Å². The van der Waals surface area contributed by atoms with E-state index in [-0.39, 0.29) is 12.0 Å². The molecular weight excluding hydrogens is 158 g/mol. The quantitative estimate of drug-likeness (QED) is 0.581. The zero-order chi connectivity index (χ0) is 8.98. The Balaban J connectivity index is 2.12. The van der Waals surface area contributed by atoms with Crippen LogP contribution < -0.4 is 0 Å². The number of carboxylic acid groups (broad SMARTS) is 1. The van der Waals surface area contributed by atoms with Crippen LogP contribution in [0.1, 0.15) is 6.42 Å². The molecule has 4 heteroatoms. The molecule has 0 amide bonds. The highest BCUT2D eigenvalue weighted by molar-refractivity contribution is 5.81. The van der Waals surface area contributed by atoms with Gasteiger partial charge in [0.2, 0.25) is 0 Å². The highest BCUT2D eigenvalue weighted by atomic mass is 16.4. The van der Waals surface area contributed by atoms with E-state index in [1.807, 2.05) is 7.05 Å². The Labute approximate surface area is 70.8 Å². The number of carboxylic acids is 1. The van der Waals surface area contributed by atoms with E-state index in [1.165, 1.54) is 0 Å². The molecule has 1 heterocycles. The van der Waals surface area contributed by atoms with E-state index in [0.29, 0.717) is 6.42 Å². The summed E-state index contributed by atoms with van der Waals surface area (Å²) in [5.41, 5.74) is -0.901. The molecule has 2 fully saturated rings. The maximum atomic E-state index is 10.9. The Morgan fingerprint density at radius 2 is 2.17 bits per heavy atom. The van der Waals surface area contributed by atoms with Gasteiger partial charge in [-0.15, -0.1) is 0 Å². The van der Waals surface area contributed by atoms with Crippen molar-refractivity contribution in [3.63, 3.8) is 0 Å². The summed E-state index contributed by atoms with van der Waals surface area (Å²) < 4.78 is 0. The fraction of sp³-hybridized carbons (Fsp3) is 0.875. The molecule has 1 spiro atoms. The van der Waals surface area contributed by atoms with E-state index in [2.05, 4.69) is 4.90 Å². The molecular formula is C8H13NO3. The molecule has 0 radical (unpaired) electrons. The minimum atomic E-state index is -0.835. The highest BCUT2D eigenvalue weighted by Gasteiger charge is 2.75. The molecule has 1 saturated carbocycles. The molecule has 0 aromatic carbocycles. The number of hydrogen-bond donors (Lipinski definition) is 2. The second kappa shape index (κ2) is 2.00. The van der Waals surface area contributed by atoms with Crippen LogP contribution in [-0.2, 0) is 4.79 Å². The number of rotatable bonds is 2. The Morgan fingerprint density at radius 1 is 1.58 bits per heavy atom. The Bertz CT molecular complexity index is 234. The van der Waals surface area contributed by atoms with Gasteiger partial charge in [0.15, 0.2) is 0 Å². The van der Waals surface area contributed by atoms with Gasteiger partial charge in [0.1, 0.15) is 0 Å². The fourth-order valence-electron chi connectivity index (χ4n) is 2.53. The molecule has 2 rings (SSSR count). The molecule has 68 valence electrons. The number of carbonyl (C=O) groups is 1. The monoisotopic (exact) mass is 171 g/mol. The summed E-state index contributed by atoms with van der Waals surface area (Å²) in [4.78, 5) is 12.9. The van der Waals surface area contributed by atoms with Crippen molar-refractivity contribution in [2.45, 2.75) is 6.42 Å². The van der Waals surface area contributed by atoms with Gasteiger partial charge in [0, 0.05) is 18.5 Å². The van der Waals surface area contributed by atoms with Gasteiger partial charge in [0.05, 0.1) is 12.0 Å². The van der Waals surface area contributed by atoms with Crippen molar-refractivity contribution in [2.75, 3.05) is 26.7 Å². The number of aliphatic hydroxyl groups is 1. The van der Waals surface area contributed by atoms with Gasteiger partial charge >= 0.3 is 5.97 Å². The first kappa shape index (κ1) is 8.01. The van der Waals surface area contributed by atoms with Crippen LogP contribution in [0.3, 0.4) is 0 Å². The number of aliphatic hydroxyl groups excluding tert-OH is 1. The topological polar surface area (TPSA) is 60.8 Å². The Hall–Kier alpha value is -0.610. The maximum Gasteiger partial charge on any atom is 0.312 e. The molecule has 4 nitrogen and oxygen atoms in total. The van der Waals surface area contributed by atoms with Gasteiger partial charge in [0.25, 0.3) is 0 Å². The first-order chi connectivity index (χ1) is 5.56. The summed E-state index contributed by atoms with van der Waals surface area (Å²) in [6.07, 6.45) is 0.649. The van der Waals surface area contributed by atoms with Crippen LogP contribution in [0.15, 0.2) is 0 Å². The number of hydrogen-bond acceptors (Lipinski definition) is 3. The highest BCUT2D eigenvalue weighted by Crippen LogP contribution is 2.67. The van der Waals surface area contributed by atoms with Gasteiger partial charge < -0.3 is 15.1 Å². The van der Waals surface area contributed by atoms with Gasteiger partial charge in [-0.3, -0.25) is 4.79 Å². The third-order valence-electron chi connectivity index (χ3n) is 3.35.